The van der Waals surface area contributed by atoms with Gasteiger partial charge in [0.15, 0.2) is 0 Å². The quantitative estimate of drug-likeness (QED) is 0.169. The summed E-state index contributed by atoms with van der Waals surface area (Å²) in [6, 6.07) is 76.6. The van der Waals surface area contributed by atoms with E-state index >= 15 is 0 Å². The smallest absolute Gasteiger partial charge is 0.0547 e. The summed E-state index contributed by atoms with van der Waals surface area (Å²) < 4.78 is 4.95. The maximum absolute atomic E-state index is 2.51. The Kier molecular flexibility index (Phi) is 7.17. The van der Waals surface area contributed by atoms with Crippen LogP contribution in [0.5, 0.6) is 0 Å². The maximum atomic E-state index is 2.51. The number of hydrogen-bond acceptors (Lipinski definition) is 0. The third kappa shape index (κ3) is 4.95. The van der Waals surface area contributed by atoms with Gasteiger partial charge in [0.1, 0.15) is 0 Å². The maximum Gasteiger partial charge on any atom is 0.0547 e. The van der Waals surface area contributed by atoms with E-state index in [0.29, 0.717) is 0 Å². The fourth-order valence-electron chi connectivity index (χ4n) is 10.4. The Hall–Kier alpha value is -7.68. The van der Waals surface area contributed by atoms with Crippen LogP contribution < -0.4 is 0 Å². The van der Waals surface area contributed by atoms with Crippen LogP contribution in [0.4, 0.5) is 0 Å². The Morgan fingerprint density at radius 1 is 0.267 bits per heavy atom. The molecule has 2 nitrogen and oxygen atoms in total. The van der Waals surface area contributed by atoms with Gasteiger partial charge in [0.2, 0.25) is 0 Å². The van der Waals surface area contributed by atoms with Crippen LogP contribution in [0.3, 0.4) is 0 Å². The highest BCUT2D eigenvalue weighted by Gasteiger charge is 2.24. The van der Waals surface area contributed by atoms with Gasteiger partial charge in [0.25, 0.3) is 0 Å². The Morgan fingerprint density at radius 2 is 0.667 bits per heavy atom. The first-order chi connectivity index (χ1) is 29.7. The molecule has 0 atom stereocenters. The monoisotopic (exact) mass is 762 g/mol. The summed E-state index contributed by atoms with van der Waals surface area (Å²) in [5.41, 5.74) is 17.8. The second-order valence-electron chi connectivity index (χ2n) is 16.4. The highest BCUT2D eigenvalue weighted by atomic mass is 15.0. The topological polar surface area (TPSA) is 9.86 Å². The third-order valence-electron chi connectivity index (χ3n) is 13.2. The van der Waals surface area contributed by atoms with Crippen LogP contribution in [0.25, 0.3) is 110 Å². The lowest BCUT2D eigenvalue weighted by Gasteiger charge is -2.21. The minimum Gasteiger partial charge on any atom is -0.309 e. The molecule has 0 spiro atoms. The second-order valence-corrected chi connectivity index (χ2v) is 16.4. The van der Waals surface area contributed by atoms with E-state index in [1.165, 1.54) is 121 Å². The summed E-state index contributed by atoms with van der Waals surface area (Å²) in [4.78, 5) is 0. The number of nitrogens with zero attached hydrogens (tertiary/aromatic N) is 2. The normalized spacial score (nSPS) is 12.5. The summed E-state index contributed by atoms with van der Waals surface area (Å²) >= 11 is 0. The first kappa shape index (κ1) is 33.3. The van der Waals surface area contributed by atoms with Crippen molar-refractivity contribution in [3.8, 4) is 44.8 Å². The van der Waals surface area contributed by atoms with E-state index in [9.17, 15) is 0 Å². The van der Waals surface area contributed by atoms with Crippen molar-refractivity contribution in [3.63, 3.8) is 0 Å². The van der Waals surface area contributed by atoms with Gasteiger partial charge in [-0.05, 0) is 152 Å². The molecule has 10 aromatic carbocycles. The number of benzene rings is 10. The van der Waals surface area contributed by atoms with Crippen LogP contribution in [0.1, 0.15) is 11.1 Å². The van der Waals surface area contributed by atoms with Crippen LogP contribution in [0, 0.1) is 0 Å². The fourth-order valence-corrected chi connectivity index (χ4v) is 10.4. The first-order valence-electron chi connectivity index (χ1n) is 21.0. The molecule has 2 heterocycles. The molecule has 0 saturated carbocycles. The lowest BCUT2D eigenvalue weighted by atomic mass is 9.84. The largest absolute Gasteiger partial charge is 0.309 e. The molecule has 13 rings (SSSR count). The lowest BCUT2D eigenvalue weighted by molar-refractivity contribution is 0.946. The SMILES string of the molecule is c1ccc(-n2c3ccc(-c4cccc5ccccc45)cc3c3cc4c(cc32)-c2cc3c(cc2CC4)c2cc(-c4cccc5ccccc45)ccc2n3-c2ccccc2)cc1. The molecule has 12 aromatic rings. The number of fused-ring (bicyclic) bond motifs is 11. The second kappa shape index (κ2) is 12.9. The third-order valence-corrected chi connectivity index (χ3v) is 13.2. The number of rotatable bonds is 4. The molecule has 2 aromatic heterocycles. The Balaban J connectivity index is 1.05. The van der Waals surface area contributed by atoms with Gasteiger partial charge in [-0.25, -0.2) is 0 Å². The van der Waals surface area contributed by atoms with Crippen molar-refractivity contribution in [2.75, 3.05) is 0 Å². The lowest BCUT2D eigenvalue weighted by Crippen LogP contribution is -2.05. The van der Waals surface area contributed by atoms with Crippen molar-refractivity contribution in [1.29, 1.82) is 0 Å². The standard InChI is InChI=1S/C58H38N2/c1-3-17-43(18-4-1)59-55-29-27-39(47-23-11-15-37-13-7-9-21-45(37)47)31-51(55)53-33-41-25-26-42-34-54-52-32-40(48-24-12-16-38-14-8-10-22-46(38)48)28-30-56(52)60(44-19-5-2-6-20-44)58(54)36-50(42)49(41)35-57(53)59/h1-24,27-36H,25-26H2. The van der Waals surface area contributed by atoms with Gasteiger partial charge >= 0.3 is 0 Å². The molecule has 0 N–H and O–H groups in total. The van der Waals surface area contributed by atoms with E-state index in [0.717, 1.165) is 12.8 Å². The summed E-state index contributed by atoms with van der Waals surface area (Å²) in [5.74, 6) is 0. The van der Waals surface area contributed by atoms with E-state index in [1.807, 2.05) is 0 Å². The molecule has 2 heteroatoms. The molecule has 0 amide bonds. The number of hydrogen-bond donors (Lipinski definition) is 0. The van der Waals surface area contributed by atoms with E-state index < -0.39 is 0 Å². The van der Waals surface area contributed by atoms with E-state index in [-0.39, 0.29) is 0 Å². The average Bonchev–Trinajstić information content (AvgIpc) is 3.81. The van der Waals surface area contributed by atoms with E-state index in [4.69, 9.17) is 0 Å². The molecule has 280 valence electrons. The van der Waals surface area contributed by atoms with Crippen LogP contribution in [-0.2, 0) is 12.8 Å². The minimum absolute atomic E-state index is 1.00. The molecule has 0 aliphatic heterocycles. The number of aromatic nitrogens is 2. The summed E-state index contributed by atoms with van der Waals surface area (Å²) in [6.45, 7) is 0. The van der Waals surface area contributed by atoms with Crippen LogP contribution in [-0.4, -0.2) is 9.13 Å². The van der Waals surface area contributed by atoms with Gasteiger partial charge in [-0.3, -0.25) is 0 Å². The van der Waals surface area contributed by atoms with Gasteiger partial charge in [-0.15, -0.1) is 0 Å². The molecular weight excluding hydrogens is 725 g/mol. The van der Waals surface area contributed by atoms with Crippen LogP contribution >= 0.6 is 0 Å². The predicted molar refractivity (Wildman–Crippen MR) is 254 cm³/mol. The molecule has 1 aliphatic rings. The zero-order valence-corrected chi connectivity index (χ0v) is 32.9. The average molecular weight is 763 g/mol. The molecule has 0 fully saturated rings. The molecule has 60 heavy (non-hydrogen) atoms. The van der Waals surface area contributed by atoms with Crippen LogP contribution in [0.15, 0.2) is 206 Å². The minimum atomic E-state index is 1.00. The molecule has 0 saturated heterocycles. The Labute approximate surface area is 347 Å². The van der Waals surface area contributed by atoms with Gasteiger partial charge in [0.05, 0.1) is 22.1 Å². The van der Waals surface area contributed by atoms with Gasteiger partial charge in [-0.1, -0.05) is 133 Å². The van der Waals surface area contributed by atoms with E-state index in [2.05, 4.69) is 215 Å². The Morgan fingerprint density at radius 3 is 1.13 bits per heavy atom. The molecule has 0 radical (unpaired) electrons. The molecule has 1 aliphatic carbocycles. The molecule has 0 unspecified atom stereocenters. The van der Waals surface area contributed by atoms with Gasteiger partial charge < -0.3 is 9.13 Å². The molecular formula is C58H38N2. The zero-order valence-electron chi connectivity index (χ0n) is 32.9. The van der Waals surface area contributed by atoms with Crippen molar-refractivity contribution < 1.29 is 0 Å². The Bertz CT molecular complexity index is 3440. The van der Waals surface area contributed by atoms with E-state index in [1.54, 1.807) is 0 Å². The van der Waals surface area contributed by atoms with Crippen molar-refractivity contribution in [3.05, 3.63) is 217 Å². The summed E-state index contributed by atoms with van der Waals surface area (Å²) in [7, 11) is 0. The first-order valence-corrected chi connectivity index (χ1v) is 21.0. The summed E-state index contributed by atoms with van der Waals surface area (Å²) in [5, 5.41) is 10.3. The van der Waals surface area contributed by atoms with Crippen molar-refractivity contribution in [2.24, 2.45) is 0 Å². The van der Waals surface area contributed by atoms with Crippen molar-refractivity contribution in [1.82, 2.24) is 9.13 Å². The number of aryl methyl sites for hydroxylation is 2. The zero-order chi connectivity index (χ0) is 39.3. The summed E-state index contributed by atoms with van der Waals surface area (Å²) in [6.07, 6.45) is 2.01. The van der Waals surface area contributed by atoms with Crippen LogP contribution in [0.2, 0.25) is 0 Å². The number of para-hydroxylation sites is 2. The van der Waals surface area contributed by atoms with Crippen molar-refractivity contribution >= 4 is 65.2 Å². The predicted octanol–water partition coefficient (Wildman–Crippen LogP) is 15.3. The van der Waals surface area contributed by atoms with Crippen molar-refractivity contribution in [2.45, 2.75) is 12.8 Å². The van der Waals surface area contributed by atoms with Gasteiger partial charge in [0, 0.05) is 32.9 Å². The molecule has 0 bridgehead atoms. The van der Waals surface area contributed by atoms with Gasteiger partial charge in [-0.2, -0.15) is 0 Å². The highest BCUT2D eigenvalue weighted by molar-refractivity contribution is 6.15. The fraction of sp³-hybridized carbons (Fsp3) is 0.0345. The highest BCUT2D eigenvalue weighted by Crippen LogP contribution is 2.45.